The van der Waals surface area contributed by atoms with Crippen LogP contribution in [0.3, 0.4) is 0 Å². The molecule has 0 spiro atoms. The molecule has 0 aliphatic rings. The summed E-state index contributed by atoms with van der Waals surface area (Å²) in [5, 5.41) is 8.98. The summed E-state index contributed by atoms with van der Waals surface area (Å²) >= 11 is 5.61. The average Bonchev–Trinajstić information content (AvgIpc) is 2.00. The molecule has 5 heteroatoms. The molecule has 1 rings (SSSR count). The molecule has 0 fully saturated rings. The lowest BCUT2D eigenvalue weighted by Crippen LogP contribution is -2.07. The predicted octanol–water partition coefficient (Wildman–Crippen LogP) is 4.19. The number of halogens is 4. The van der Waals surface area contributed by atoms with Gasteiger partial charge in [0.15, 0.2) is 0 Å². The van der Waals surface area contributed by atoms with Gasteiger partial charge in [-0.3, -0.25) is 0 Å². The second-order valence-corrected chi connectivity index (χ2v) is 3.89. The molecule has 0 radical (unpaired) electrons. The molecule has 0 saturated carbocycles. The van der Waals surface area contributed by atoms with Gasteiger partial charge in [-0.15, -0.1) is 0 Å². The summed E-state index contributed by atoms with van der Waals surface area (Å²) in [6.07, 6.45) is -4.49. The van der Waals surface area contributed by atoms with Crippen molar-refractivity contribution in [1.29, 1.82) is 0 Å². The lowest BCUT2D eigenvalue weighted by atomic mass is 9.99. The van der Waals surface area contributed by atoms with Crippen LogP contribution in [-0.2, 0) is 6.18 Å². The lowest BCUT2D eigenvalue weighted by molar-refractivity contribution is -0.137. The molecule has 1 nitrogen and oxygen atoms in total. The third-order valence-corrected chi connectivity index (χ3v) is 2.45. The summed E-state index contributed by atoms with van der Waals surface area (Å²) in [4.78, 5) is 0. The molecule has 0 bridgehead atoms. The second kappa shape index (κ2) is 3.93. The van der Waals surface area contributed by atoms with E-state index in [4.69, 9.17) is 11.6 Å². The van der Waals surface area contributed by atoms with Crippen molar-refractivity contribution >= 4 is 11.6 Å². The van der Waals surface area contributed by atoms with Crippen molar-refractivity contribution in [3.63, 3.8) is 0 Å². The predicted molar refractivity (Wildman–Crippen MR) is 52.2 cm³/mol. The van der Waals surface area contributed by atoms with Crippen molar-refractivity contribution in [3.05, 3.63) is 28.3 Å². The number of benzene rings is 1. The topological polar surface area (TPSA) is 20.2 Å². The minimum absolute atomic E-state index is 0.131. The Balaban J connectivity index is 3.42. The lowest BCUT2D eigenvalue weighted by Gasteiger charge is -2.15. The highest BCUT2D eigenvalue weighted by molar-refractivity contribution is 6.32. The Labute approximate surface area is 90.5 Å². The van der Waals surface area contributed by atoms with Gasteiger partial charge in [-0.1, -0.05) is 25.4 Å². The van der Waals surface area contributed by atoms with Crippen LogP contribution < -0.4 is 0 Å². The Hall–Kier alpha value is -0.900. The van der Waals surface area contributed by atoms with E-state index in [9.17, 15) is 18.3 Å². The van der Waals surface area contributed by atoms with Crippen molar-refractivity contribution < 1.29 is 18.3 Å². The summed E-state index contributed by atoms with van der Waals surface area (Å²) in [5.41, 5.74) is -0.780. The fourth-order valence-electron chi connectivity index (χ4n) is 1.35. The number of phenols is 1. The molecule has 0 amide bonds. The monoisotopic (exact) mass is 238 g/mol. The van der Waals surface area contributed by atoms with E-state index < -0.39 is 16.8 Å². The van der Waals surface area contributed by atoms with Gasteiger partial charge in [0.1, 0.15) is 5.75 Å². The summed E-state index contributed by atoms with van der Waals surface area (Å²) in [6.45, 7) is 3.34. The summed E-state index contributed by atoms with van der Waals surface area (Å²) in [5.74, 6) is -0.470. The molecule has 0 saturated heterocycles. The number of hydrogen-bond donors (Lipinski definition) is 1. The molecule has 1 aromatic rings. The van der Waals surface area contributed by atoms with Crippen molar-refractivity contribution in [2.24, 2.45) is 0 Å². The number of hydrogen-bond acceptors (Lipinski definition) is 1. The van der Waals surface area contributed by atoms with Crippen molar-refractivity contribution in [2.45, 2.75) is 25.9 Å². The molecule has 0 aliphatic heterocycles. The number of alkyl halides is 3. The van der Waals surface area contributed by atoms with Crippen LogP contribution in [0.25, 0.3) is 0 Å². The van der Waals surface area contributed by atoms with Crippen LogP contribution in [0.5, 0.6) is 5.75 Å². The third-order valence-electron chi connectivity index (χ3n) is 2.04. The zero-order chi connectivity index (χ0) is 11.8. The Morgan fingerprint density at radius 2 is 1.80 bits per heavy atom. The summed E-state index contributed by atoms with van der Waals surface area (Å²) < 4.78 is 37.4. The van der Waals surface area contributed by atoms with Crippen LogP contribution in [0.4, 0.5) is 13.2 Å². The first-order valence-corrected chi connectivity index (χ1v) is 4.71. The fraction of sp³-hybridized carbons (Fsp3) is 0.400. The van der Waals surface area contributed by atoms with Gasteiger partial charge in [0, 0.05) is 5.56 Å². The fourth-order valence-corrected chi connectivity index (χ4v) is 1.84. The van der Waals surface area contributed by atoms with E-state index in [1.54, 1.807) is 13.8 Å². The third kappa shape index (κ3) is 2.37. The Morgan fingerprint density at radius 3 is 2.20 bits per heavy atom. The Kier molecular flexibility index (Phi) is 3.19. The molecule has 0 aromatic heterocycles. The molecule has 15 heavy (non-hydrogen) atoms. The van der Waals surface area contributed by atoms with Crippen molar-refractivity contribution in [1.82, 2.24) is 0 Å². The van der Waals surface area contributed by atoms with Crippen LogP contribution in [0.2, 0.25) is 5.02 Å². The summed E-state index contributed by atoms with van der Waals surface area (Å²) in [6, 6.07) is 1.80. The van der Waals surface area contributed by atoms with Crippen LogP contribution in [0, 0.1) is 0 Å². The van der Waals surface area contributed by atoms with Gasteiger partial charge in [-0.05, 0) is 18.1 Å². The first kappa shape index (κ1) is 12.2. The molecular formula is C10H10ClF3O. The molecule has 84 valence electrons. The van der Waals surface area contributed by atoms with Gasteiger partial charge in [-0.25, -0.2) is 0 Å². The zero-order valence-electron chi connectivity index (χ0n) is 8.19. The SMILES string of the molecule is CC(C)c1c(O)ccc(C(F)(F)F)c1Cl. The van der Waals surface area contributed by atoms with E-state index in [0.717, 1.165) is 12.1 Å². The van der Waals surface area contributed by atoms with Crippen LogP contribution in [0.15, 0.2) is 12.1 Å². The quantitative estimate of drug-likeness (QED) is 0.778. The van der Waals surface area contributed by atoms with Gasteiger partial charge in [-0.2, -0.15) is 13.2 Å². The van der Waals surface area contributed by atoms with Crippen LogP contribution in [0.1, 0.15) is 30.9 Å². The van der Waals surface area contributed by atoms with Gasteiger partial charge in [0.05, 0.1) is 10.6 Å². The molecule has 1 aromatic carbocycles. The minimum atomic E-state index is -4.49. The first-order chi connectivity index (χ1) is 6.75. The molecular weight excluding hydrogens is 229 g/mol. The Bertz CT molecular complexity index is 372. The van der Waals surface area contributed by atoms with Crippen LogP contribution in [-0.4, -0.2) is 5.11 Å². The zero-order valence-corrected chi connectivity index (χ0v) is 8.95. The minimum Gasteiger partial charge on any atom is -0.508 e. The number of aromatic hydroxyl groups is 1. The molecule has 1 N–H and O–H groups in total. The highest BCUT2D eigenvalue weighted by atomic mass is 35.5. The second-order valence-electron chi connectivity index (χ2n) is 3.51. The van der Waals surface area contributed by atoms with Gasteiger partial charge < -0.3 is 5.11 Å². The maximum Gasteiger partial charge on any atom is 0.417 e. The van der Waals surface area contributed by atoms with Crippen molar-refractivity contribution in [2.75, 3.05) is 0 Å². The highest BCUT2D eigenvalue weighted by Crippen LogP contribution is 2.41. The summed E-state index contributed by atoms with van der Waals surface area (Å²) in [7, 11) is 0. The molecule has 0 heterocycles. The van der Waals surface area contributed by atoms with E-state index in [2.05, 4.69) is 0 Å². The van der Waals surface area contributed by atoms with E-state index >= 15 is 0 Å². The molecule has 0 atom stereocenters. The number of phenolic OH excluding ortho intramolecular Hbond substituents is 1. The maximum atomic E-state index is 12.5. The first-order valence-electron chi connectivity index (χ1n) is 4.33. The standard InChI is InChI=1S/C10H10ClF3O/c1-5(2)8-7(15)4-3-6(9(8)11)10(12,13)14/h3-5,15H,1-2H3. The molecule has 0 unspecified atom stereocenters. The van der Waals surface area contributed by atoms with Gasteiger partial charge in [0.25, 0.3) is 0 Å². The molecule has 0 aliphatic carbocycles. The van der Waals surface area contributed by atoms with E-state index in [0.29, 0.717) is 0 Å². The van der Waals surface area contributed by atoms with Crippen molar-refractivity contribution in [3.8, 4) is 5.75 Å². The average molecular weight is 239 g/mol. The van der Waals surface area contributed by atoms with E-state index in [1.165, 1.54) is 0 Å². The highest BCUT2D eigenvalue weighted by Gasteiger charge is 2.34. The van der Waals surface area contributed by atoms with Crippen LogP contribution >= 0.6 is 11.6 Å². The number of rotatable bonds is 1. The largest absolute Gasteiger partial charge is 0.508 e. The van der Waals surface area contributed by atoms with Gasteiger partial charge in [0.2, 0.25) is 0 Å². The van der Waals surface area contributed by atoms with E-state index in [1.807, 2.05) is 0 Å². The van der Waals surface area contributed by atoms with E-state index in [-0.39, 0.29) is 17.2 Å². The smallest absolute Gasteiger partial charge is 0.417 e. The Morgan fingerprint density at radius 1 is 1.27 bits per heavy atom. The normalized spacial score (nSPS) is 12.2. The maximum absolute atomic E-state index is 12.5. The van der Waals surface area contributed by atoms with Gasteiger partial charge >= 0.3 is 6.18 Å².